The number of hydrogen-bond acceptors (Lipinski definition) is 4. The van der Waals surface area contributed by atoms with Gasteiger partial charge in [0.15, 0.2) is 5.13 Å². The molecular formula is C16H19N3S. The summed E-state index contributed by atoms with van der Waals surface area (Å²) in [5.41, 5.74) is 8.77. The highest BCUT2D eigenvalue weighted by Crippen LogP contribution is 2.45. The second kappa shape index (κ2) is 4.57. The predicted molar refractivity (Wildman–Crippen MR) is 82.9 cm³/mol. The van der Waals surface area contributed by atoms with Gasteiger partial charge in [0, 0.05) is 24.4 Å². The Labute approximate surface area is 123 Å². The molecule has 104 valence electrons. The average Bonchev–Trinajstić information content (AvgIpc) is 2.77. The van der Waals surface area contributed by atoms with Gasteiger partial charge in [0.25, 0.3) is 0 Å². The number of likely N-dealkylation sites (tertiary alicyclic amines) is 1. The van der Waals surface area contributed by atoms with E-state index in [0.29, 0.717) is 0 Å². The van der Waals surface area contributed by atoms with E-state index in [-0.39, 0.29) is 5.54 Å². The number of anilines is 1. The highest BCUT2D eigenvalue weighted by atomic mass is 32.1. The molecule has 0 amide bonds. The van der Waals surface area contributed by atoms with Gasteiger partial charge < -0.3 is 5.73 Å². The number of thiazole rings is 1. The molecule has 1 aromatic carbocycles. The molecule has 2 N–H and O–H groups in total. The number of fused-ring (bicyclic) bond motifs is 1. The maximum absolute atomic E-state index is 5.90. The average molecular weight is 285 g/mol. The van der Waals surface area contributed by atoms with E-state index in [1.54, 1.807) is 11.3 Å². The first-order valence-electron chi connectivity index (χ1n) is 7.33. The molecule has 1 fully saturated rings. The number of benzene rings is 1. The van der Waals surface area contributed by atoms with E-state index < -0.39 is 0 Å². The van der Waals surface area contributed by atoms with Crippen LogP contribution in [0.3, 0.4) is 0 Å². The van der Waals surface area contributed by atoms with Gasteiger partial charge in [-0.2, -0.15) is 0 Å². The fourth-order valence-corrected chi connectivity index (χ4v) is 4.59. The summed E-state index contributed by atoms with van der Waals surface area (Å²) in [6.07, 6.45) is 4.61. The first kappa shape index (κ1) is 12.4. The first-order valence-corrected chi connectivity index (χ1v) is 8.14. The van der Waals surface area contributed by atoms with Crippen LogP contribution in [0.25, 0.3) is 0 Å². The van der Waals surface area contributed by atoms with Gasteiger partial charge in [-0.25, -0.2) is 4.98 Å². The number of aromatic nitrogens is 1. The highest BCUT2D eigenvalue weighted by Gasteiger charge is 2.44. The van der Waals surface area contributed by atoms with E-state index in [0.717, 1.165) is 24.4 Å². The summed E-state index contributed by atoms with van der Waals surface area (Å²) in [5.74, 6) is 0. The number of nitrogen functional groups attached to an aromatic ring is 1. The van der Waals surface area contributed by atoms with E-state index in [1.807, 2.05) is 0 Å². The predicted octanol–water partition coefficient (Wildman–Crippen LogP) is 2.82. The number of nitrogens with two attached hydrogens (primary N) is 1. The van der Waals surface area contributed by atoms with Crippen LogP contribution >= 0.6 is 11.3 Å². The molecular weight excluding hydrogens is 266 g/mol. The number of hydrogen-bond donors (Lipinski definition) is 1. The minimum Gasteiger partial charge on any atom is -0.375 e. The van der Waals surface area contributed by atoms with Gasteiger partial charge in [-0.15, -0.1) is 11.3 Å². The van der Waals surface area contributed by atoms with Crippen molar-refractivity contribution in [3.05, 3.63) is 46.5 Å². The number of nitrogens with zero attached hydrogens (tertiary/aromatic N) is 2. The van der Waals surface area contributed by atoms with Crippen molar-refractivity contribution in [2.75, 3.05) is 18.8 Å². The smallest absolute Gasteiger partial charge is 0.180 e. The summed E-state index contributed by atoms with van der Waals surface area (Å²) in [4.78, 5) is 8.54. The van der Waals surface area contributed by atoms with Gasteiger partial charge in [-0.1, -0.05) is 30.3 Å². The quantitative estimate of drug-likeness (QED) is 0.922. The van der Waals surface area contributed by atoms with Crippen molar-refractivity contribution < 1.29 is 0 Å². The number of rotatable bonds is 2. The van der Waals surface area contributed by atoms with Gasteiger partial charge in [-0.3, -0.25) is 4.90 Å². The van der Waals surface area contributed by atoms with Crippen molar-refractivity contribution in [3.8, 4) is 0 Å². The molecule has 3 nitrogen and oxygen atoms in total. The van der Waals surface area contributed by atoms with Gasteiger partial charge in [-0.05, 0) is 24.8 Å². The summed E-state index contributed by atoms with van der Waals surface area (Å²) < 4.78 is 0. The van der Waals surface area contributed by atoms with Crippen molar-refractivity contribution in [2.45, 2.75) is 31.2 Å². The first-order chi connectivity index (χ1) is 9.78. The van der Waals surface area contributed by atoms with Gasteiger partial charge in [0.05, 0.1) is 11.2 Å². The summed E-state index contributed by atoms with van der Waals surface area (Å²) in [6, 6.07) is 11.0. The third-order valence-electron chi connectivity index (χ3n) is 4.80. The van der Waals surface area contributed by atoms with Gasteiger partial charge >= 0.3 is 0 Å². The zero-order valence-corrected chi connectivity index (χ0v) is 12.3. The Morgan fingerprint density at radius 1 is 1.20 bits per heavy atom. The minimum atomic E-state index is 0.172. The largest absolute Gasteiger partial charge is 0.375 e. The fraction of sp³-hybridized carbons (Fsp3) is 0.438. The normalized spacial score (nSPS) is 26.0. The zero-order chi connectivity index (χ0) is 13.6. The molecule has 4 heteroatoms. The van der Waals surface area contributed by atoms with Crippen LogP contribution < -0.4 is 5.73 Å². The zero-order valence-electron chi connectivity index (χ0n) is 11.5. The highest BCUT2D eigenvalue weighted by molar-refractivity contribution is 7.15. The second-order valence-electron chi connectivity index (χ2n) is 5.84. The lowest BCUT2D eigenvalue weighted by Gasteiger charge is -2.51. The molecule has 2 heterocycles. The van der Waals surface area contributed by atoms with Crippen LogP contribution in [0.5, 0.6) is 0 Å². The third kappa shape index (κ3) is 1.79. The minimum absolute atomic E-state index is 0.172. The summed E-state index contributed by atoms with van der Waals surface area (Å²) >= 11 is 1.68. The van der Waals surface area contributed by atoms with Crippen molar-refractivity contribution >= 4 is 16.5 Å². The van der Waals surface area contributed by atoms with Crippen LogP contribution in [0.1, 0.15) is 29.0 Å². The lowest BCUT2D eigenvalue weighted by molar-refractivity contribution is 0.0147. The molecule has 1 atom stereocenters. The molecule has 0 spiro atoms. The molecule has 0 bridgehead atoms. The van der Waals surface area contributed by atoms with Crippen LogP contribution in [0.4, 0.5) is 5.13 Å². The maximum atomic E-state index is 5.90. The van der Waals surface area contributed by atoms with E-state index in [2.05, 4.69) is 40.2 Å². The summed E-state index contributed by atoms with van der Waals surface area (Å²) in [5, 5.41) is 0.725. The van der Waals surface area contributed by atoms with E-state index in [1.165, 1.54) is 35.6 Å². The van der Waals surface area contributed by atoms with Crippen molar-refractivity contribution in [1.29, 1.82) is 0 Å². The Kier molecular flexibility index (Phi) is 2.82. The standard InChI is InChI=1S/C16H19N3S/c17-15-18-13-7-8-16(11-14(13)20-15,19-9-4-10-19)12-5-2-1-3-6-12/h1-3,5-6H,4,7-11H2,(H2,17,18). The monoisotopic (exact) mass is 285 g/mol. The maximum Gasteiger partial charge on any atom is 0.180 e. The van der Waals surface area contributed by atoms with Crippen LogP contribution in [-0.4, -0.2) is 23.0 Å². The molecule has 1 aliphatic carbocycles. The van der Waals surface area contributed by atoms with Crippen molar-refractivity contribution in [3.63, 3.8) is 0 Å². The van der Waals surface area contributed by atoms with E-state index in [9.17, 15) is 0 Å². The van der Waals surface area contributed by atoms with E-state index in [4.69, 9.17) is 5.73 Å². The van der Waals surface area contributed by atoms with E-state index >= 15 is 0 Å². The molecule has 4 rings (SSSR count). The molecule has 1 aromatic heterocycles. The lowest BCUT2D eigenvalue weighted by atomic mass is 9.75. The van der Waals surface area contributed by atoms with Gasteiger partial charge in [0.2, 0.25) is 0 Å². The number of aryl methyl sites for hydroxylation is 1. The Bertz CT molecular complexity index is 618. The molecule has 0 saturated carbocycles. The second-order valence-corrected chi connectivity index (χ2v) is 6.95. The third-order valence-corrected chi connectivity index (χ3v) is 5.72. The Balaban J connectivity index is 1.78. The Morgan fingerprint density at radius 2 is 2.00 bits per heavy atom. The van der Waals surface area contributed by atoms with Crippen LogP contribution in [-0.2, 0) is 18.4 Å². The topological polar surface area (TPSA) is 42.1 Å². The molecule has 1 unspecified atom stereocenters. The molecule has 2 aliphatic rings. The molecule has 2 aromatic rings. The van der Waals surface area contributed by atoms with Crippen LogP contribution in [0.15, 0.2) is 30.3 Å². The van der Waals surface area contributed by atoms with Crippen molar-refractivity contribution in [2.24, 2.45) is 0 Å². The molecule has 1 saturated heterocycles. The fourth-order valence-electron chi connectivity index (χ4n) is 3.61. The molecule has 1 aliphatic heterocycles. The van der Waals surface area contributed by atoms with Crippen LogP contribution in [0, 0.1) is 0 Å². The summed E-state index contributed by atoms with van der Waals surface area (Å²) in [7, 11) is 0. The Morgan fingerprint density at radius 3 is 2.70 bits per heavy atom. The molecule has 20 heavy (non-hydrogen) atoms. The lowest BCUT2D eigenvalue weighted by Crippen LogP contribution is -2.55. The Hall–Kier alpha value is -1.39. The van der Waals surface area contributed by atoms with Crippen LogP contribution in [0.2, 0.25) is 0 Å². The van der Waals surface area contributed by atoms with Gasteiger partial charge in [0.1, 0.15) is 0 Å². The summed E-state index contributed by atoms with van der Waals surface area (Å²) in [6.45, 7) is 2.44. The SMILES string of the molecule is Nc1nc2c(s1)CC(c1ccccc1)(N1CCC1)CC2. The molecule has 0 radical (unpaired) electrons. The van der Waals surface area contributed by atoms with Crippen molar-refractivity contribution in [1.82, 2.24) is 9.88 Å².